The SMILES string of the molecule is CC1CCN(C(=O)CCS(=O)(=O)N2CCCc3ccccc32)CC1. The fraction of sp³-hybridized carbons (Fsp3) is 0.611. The van der Waals surface area contributed by atoms with E-state index in [1.807, 2.05) is 29.2 Å². The van der Waals surface area contributed by atoms with E-state index in [9.17, 15) is 13.2 Å². The maximum absolute atomic E-state index is 12.7. The number of rotatable bonds is 4. The van der Waals surface area contributed by atoms with E-state index < -0.39 is 10.0 Å². The summed E-state index contributed by atoms with van der Waals surface area (Å²) in [7, 11) is -3.46. The van der Waals surface area contributed by atoms with Crippen molar-refractivity contribution in [1.29, 1.82) is 0 Å². The van der Waals surface area contributed by atoms with Gasteiger partial charge in [-0.2, -0.15) is 0 Å². The summed E-state index contributed by atoms with van der Waals surface area (Å²) in [5.41, 5.74) is 1.85. The van der Waals surface area contributed by atoms with Crippen LogP contribution in [0.1, 0.15) is 38.2 Å². The summed E-state index contributed by atoms with van der Waals surface area (Å²) in [4.78, 5) is 14.1. The number of para-hydroxylation sites is 1. The molecule has 0 bridgehead atoms. The van der Waals surface area contributed by atoms with Gasteiger partial charge in [0.15, 0.2) is 0 Å². The summed E-state index contributed by atoms with van der Waals surface area (Å²) < 4.78 is 27.0. The number of piperidine rings is 1. The van der Waals surface area contributed by atoms with Crippen LogP contribution in [-0.4, -0.2) is 44.6 Å². The highest BCUT2D eigenvalue weighted by atomic mass is 32.2. The topological polar surface area (TPSA) is 57.7 Å². The highest BCUT2D eigenvalue weighted by molar-refractivity contribution is 7.92. The molecule has 0 atom stereocenters. The molecule has 1 saturated heterocycles. The van der Waals surface area contributed by atoms with Gasteiger partial charge in [-0.3, -0.25) is 9.10 Å². The van der Waals surface area contributed by atoms with E-state index >= 15 is 0 Å². The number of amides is 1. The first-order valence-corrected chi connectivity index (χ1v) is 10.4. The lowest BCUT2D eigenvalue weighted by atomic mass is 9.99. The second kappa shape index (κ2) is 7.13. The Hall–Kier alpha value is -1.56. The van der Waals surface area contributed by atoms with Gasteiger partial charge in [0, 0.05) is 26.1 Å². The maximum Gasteiger partial charge on any atom is 0.235 e. The van der Waals surface area contributed by atoms with Crippen LogP contribution in [0.5, 0.6) is 0 Å². The molecule has 1 aromatic carbocycles. The van der Waals surface area contributed by atoms with Crippen molar-refractivity contribution in [2.24, 2.45) is 5.92 Å². The van der Waals surface area contributed by atoms with E-state index in [-0.39, 0.29) is 18.1 Å². The van der Waals surface area contributed by atoms with Gasteiger partial charge in [-0.15, -0.1) is 0 Å². The average molecular weight is 350 g/mol. The summed E-state index contributed by atoms with van der Waals surface area (Å²) in [6, 6.07) is 7.65. The minimum Gasteiger partial charge on any atom is -0.343 e. The Kier molecular flexibility index (Phi) is 5.13. The van der Waals surface area contributed by atoms with E-state index in [2.05, 4.69) is 6.92 Å². The van der Waals surface area contributed by atoms with Gasteiger partial charge in [0.1, 0.15) is 0 Å². The number of hydrogen-bond donors (Lipinski definition) is 0. The molecule has 0 unspecified atom stereocenters. The van der Waals surface area contributed by atoms with Crippen molar-refractivity contribution >= 4 is 21.6 Å². The van der Waals surface area contributed by atoms with Crippen molar-refractivity contribution in [1.82, 2.24) is 4.90 Å². The molecule has 0 radical (unpaired) electrons. The molecule has 0 saturated carbocycles. The van der Waals surface area contributed by atoms with Crippen molar-refractivity contribution < 1.29 is 13.2 Å². The molecule has 2 heterocycles. The van der Waals surface area contributed by atoms with Crippen LogP contribution in [0.25, 0.3) is 0 Å². The first kappa shape index (κ1) is 17.3. The van der Waals surface area contributed by atoms with E-state index in [0.29, 0.717) is 12.5 Å². The van der Waals surface area contributed by atoms with E-state index in [0.717, 1.165) is 50.0 Å². The van der Waals surface area contributed by atoms with Gasteiger partial charge in [0.25, 0.3) is 0 Å². The summed E-state index contributed by atoms with van der Waals surface area (Å²) in [6.07, 6.45) is 3.84. The molecule has 3 rings (SSSR count). The lowest BCUT2D eigenvalue weighted by molar-refractivity contribution is -0.132. The molecule has 5 nitrogen and oxygen atoms in total. The quantitative estimate of drug-likeness (QED) is 0.838. The molecule has 0 aromatic heterocycles. The molecule has 1 fully saturated rings. The standard InChI is InChI=1S/C18H26N2O3S/c1-15-8-12-19(13-9-15)18(21)10-14-24(22,23)20-11-4-6-16-5-2-3-7-17(16)20/h2-3,5,7,15H,4,6,8-14H2,1H3. The largest absolute Gasteiger partial charge is 0.343 e. The zero-order chi connectivity index (χ0) is 17.2. The number of carbonyl (C=O) groups is 1. The minimum absolute atomic E-state index is 0.0317. The molecule has 0 N–H and O–H groups in total. The van der Waals surface area contributed by atoms with Gasteiger partial charge in [-0.1, -0.05) is 25.1 Å². The fourth-order valence-corrected chi connectivity index (χ4v) is 5.07. The van der Waals surface area contributed by atoms with Gasteiger partial charge in [0.2, 0.25) is 15.9 Å². The summed E-state index contributed by atoms with van der Waals surface area (Å²) in [5, 5.41) is 0. The van der Waals surface area contributed by atoms with Gasteiger partial charge < -0.3 is 4.90 Å². The molecule has 2 aliphatic heterocycles. The van der Waals surface area contributed by atoms with Crippen molar-refractivity contribution in [3.63, 3.8) is 0 Å². The Morgan fingerprint density at radius 2 is 1.88 bits per heavy atom. The normalized spacial score (nSPS) is 19.2. The Balaban J connectivity index is 1.64. The van der Waals surface area contributed by atoms with Crippen LogP contribution in [-0.2, 0) is 21.2 Å². The number of likely N-dealkylation sites (tertiary alicyclic amines) is 1. The van der Waals surface area contributed by atoms with Crippen molar-refractivity contribution in [3.05, 3.63) is 29.8 Å². The second-order valence-corrected chi connectivity index (χ2v) is 8.95. The monoisotopic (exact) mass is 350 g/mol. The molecule has 0 spiro atoms. The zero-order valence-electron chi connectivity index (χ0n) is 14.3. The third kappa shape index (κ3) is 3.74. The Morgan fingerprint density at radius 1 is 1.17 bits per heavy atom. The van der Waals surface area contributed by atoms with Crippen LogP contribution in [0.3, 0.4) is 0 Å². The van der Waals surface area contributed by atoms with Crippen molar-refractivity contribution in [3.8, 4) is 0 Å². The van der Waals surface area contributed by atoms with E-state index in [4.69, 9.17) is 0 Å². The number of fused-ring (bicyclic) bond motifs is 1. The van der Waals surface area contributed by atoms with Crippen LogP contribution in [0.15, 0.2) is 24.3 Å². The molecule has 2 aliphatic rings. The number of nitrogens with zero attached hydrogens (tertiary/aromatic N) is 2. The molecule has 6 heteroatoms. The predicted octanol–water partition coefficient (Wildman–Crippen LogP) is 2.42. The molecule has 24 heavy (non-hydrogen) atoms. The fourth-order valence-electron chi connectivity index (χ4n) is 3.53. The third-order valence-corrected chi connectivity index (χ3v) is 6.88. The number of hydrogen-bond acceptors (Lipinski definition) is 3. The smallest absolute Gasteiger partial charge is 0.235 e. The van der Waals surface area contributed by atoms with Crippen molar-refractivity contribution in [2.45, 2.75) is 39.0 Å². The maximum atomic E-state index is 12.7. The Bertz CT molecular complexity index is 694. The van der Waals surface area contributed by atoms with Gasteiger partial charge in [-0.25, -0.2) is 8.42 Å². The van der Waals surface area contributed by atoms with Crippen molar-refractivity contribution in [2.75, 3.05) is 29.7 Å². The van der Waals surface area contributed by atoms with Crippen LogP contribution in [0.4, 0.5) is 5.69 Å². The average Bonchev–Trinajstić information content (AvgIpc) is 2.60. The number of aryl methyl sites for hydroxylation is 1. The molecule has 1 amide bonds. The zero-order valence-corrected chi connectivity index (χ0v) is 15.1. The summed E-state index contributed by atoms with van der Waals surface area (Å²) in [6.45, 7) is 4.22. The van der Waals surface area contributed by atoms with Crippen LogP contribution in [0.2, 0.25) is 0 Å². The van der Waals surface area contributed by atoms with E-state index in [1.165, 1.54) is 4.31 Å². The molecule has 132 valence electrons. The predicted molar refractivity (Wildman–Crippen MR) is 95.5 cm³/mol. The number of carbonyl (C=O) groups excluding carboxylic acids is 1. The van der Waals surface area contributed by atoms with Gasteiger partial charge in [-0.05, 0) is 43.2 Å². The lowest BCUT2D eigenvalue weighted by Crippen LogP contribution is -2.41. The number of sulfonamides is 1. The van der Waals surface area contributed by atoms with Crippen LogP contribution < -0.4 is 4.31 Å². The second-order valence-electron chi connectivity index (χ2n) is 6.93. The van der Waals surface area contributed by atoms with Crippen LogP contribution >= 0.6 is 0 Å². The first-order chi connectivity index (χ1) is 11.5. The highest BCUT2D eigenvalue weighted by Gasteiger charge is 2.29. The highest BCUT2D eigenvalue weighted by Crippen LogP contribution is 2.29. The summed E-state index contributed by atoms with van der Waals surface area (Å²) >= 11 is 0. The van der Waals surface area contributed by atoms with Crippen LogP contribution in [0, 0.1) is 5.92 Å². The lowest BCUT2D eigenvalue weighted by Gasteiger charge is -2.32. The summed E-state index contributed by atoms with van der Waals surface area (Å²) in [5.74, 6) is 0.519. The first-order valence-electron chi connectivity index (χ1n) is 8.83. The third-order valence-electron chi connectivity index (χ3n) is 5.11. The van der Waals surface area contributed by atoms with Gasteiger partial charge >= 0.3 is 0 Å². The number of anilines is 1. The molecular formula is C18H26N2O3S. The molecule has 1 aromatic rings. The Labute approximate surface area is 144 Å². The number of benzene rings is 1. The van der Waals surface area contributed by atoms with E-state index in [1.54, 1.807) is 0 Å². The van der Waals surface area contributed by atoms with Gasteiger partial charge in [0.05, 0.1) is 11.4 Å². The molecular weight excluding hydrogens is 324 g/mol. The Morgan fingerprint density at radius 3 is 2.62 bits per heavy atom. The molecule has 0 aliphatic carbocycles. The minimum atomic E-state index is -3.46.